The first-order valence-corrected chi connectivity index (χ1v) is 12.6. The van der Waals surface area contributed by atoms with E-state index >= 15 is 0 Å². The Balaban J connectivity index is 1.43. The number of halogens is 1. The van der Waals surface area contributed by atoms with Crippen molar-refractivity contribution >= 4 is 34.0 Å². The van der Waals surface area contributed by atoms with Crippen LogP contribution in [0.1, 0.15) is 25.7 Å². The molecule has 3 aromatic rings. The van der Waals surface area contributed by atoms with Crippen LogP contribution in [0.25, 0.3) is 22.0 Å². The molecule has 8 heteroatoms. The Kier molecular flexibility index (Phi) is 5.71. The molecule has 0 amide bonds. The highest BCUT2D eigenvalue weighted by molar-refractivity contribution is 6.34. The van der Waals surface area contributed by atoms with Gasteiger partial charge in [-0.1, -0.05) is 23.7 Å². The van der Waals surface area contributed by atoms with Gasteiger partial charge in [0.2, 0.25) is 0 Å². The molecule has 0 radical (unpaired) electrons. The fourth-order valence-corrected chi connectivity index (χ4v) is 6.13. The number of rotatable bonds is 5. The van der Waals surface area contributed by atoms with Gasteiger partial charge in [0.15, 0.2) is 0 Å². The van der Waals surface area contributed by atoms with Gasteiger partial charge in [-0.15, -0.1) is 0 Å². The van der Waals surface area contributed by atoms with E-state index in [1.807, 2.05) is 18.2 Å². The largest absolute Gasteiger partial charge is 0.462 e. The average Bonchev–Trinajstić information content (AvgIpc) is 3.35. The Morgan fingerprint density at radius 2 is 1.94 bits per heavy atom. The minimum Gasteiger partial charge on any atom is -0.462 e. The molecule has 3 N–H and O–H groups in total. The van der Waals surface area contributed by atoms with Crippen LogP contribution in [0.2, 0.25) is 5.02 Å². The minimum absolute atomic E-state index is 0.410. The van der Waals surface area contributed by atoms with Gasteiger partial charge in [0.25, 0.3) is 0 Å². The van der Waals surface area contributed by atoms with Gasteiger partial charge in [0.05, 0.1) is 10.5 Å². The van der Waals surface area contributed by atoms with Crippen molar-refractivity contribution in [2.75, 3.05) is 43.9 Å². The van der Waals surface area contributed by atoms with Gasteiger partial charge in [0, 0.05) is 47.9 Å². The van der Waals surface area contributed by atoms with Gasteiger partial charge >= 0.3 is 6.01 Å². The maximum absolute atomic E-state index is 6.52. The van der Waals surface area contributed by atoms with Crippen LogP contribution >= 0.6 is 11.6 Å². The van der Waals surface area contributed by atoms with E-state index in [1.54, 1.807) is 0 Å². The second-order valence-electron chi connectivity index (χ2n) is 9.80. The molecule has 3 aliphatic rings. The smallest absolute Gasteiger partial charge is 0.319 e. The standard InChI is InChI=1S/C26H31ClN6O/c1-32-11-3-4-19(32)15-34-26-30-23-12-16(24-21(27)5-2-6-22(24)28)7-10-20(23)25(31-26)33-17-8-9-18(33)14-29-13-17/h2,5-7,10,12,17-19,29H,3-4,8-9,11,13-15,28H2,1H3/t17-,18+,19-/m0/s1. The van der Waals surface area contributed by atoms with E-state index in [0.717, 1.165) is 53.9 Å². The zero-order valence-electron chi connectivity index (χ0n) is 19.5. The van der Waals surface area contributed by atoms with Gasteiger partial charge in [-0.25, -0.2) is 0 Å². The van der Waals surface area contributed by atoms with Crippen molar-refractivity contribution in [2.45, 2.75) is 43.8 Å². The van der Waals surface area contributed by atoms with Gasteiger partial charge < -0.3 is 25.6 Å². The number of likely N-dealkylation sites (N-methyl/N-ethyl adjacent to an activating group) is 1. The lowest BCUT2D eigenvalue weighted by atomic mass is 10.0. The quantitative estimate of drug-likeness (QED) is 0.537. The number of aromatic nitrogens is 2. The number of hydrogen-bond donors (Lipinski definition) is 2. The van der Waals surface area contributed by atoms with E-state index in [0.29, 0.717) is 41.5 Å². The van der Waals surface area contributed by atoms with E-state index < -0.39 is 0 Å². The van der Waals surface area contributed by atoms with E-state index in [1.165, 1.54) is 19.3 Å². The van der Waals surface area contributed by atoms with Crippen molar-refractivity contribution < 1.29 is 4.74 Å². The molecule has 34 heavy (non-hydrogen) atoms. The van der Waals surface area contributed by atoms with Crippen molar-refractivity contribution in [3.63, 3.8) is 0 Å². The Hall–Kier alpha value is -2.61. The van der Waals surface area contributed by atoms with Crippen LogP contribution in [0.5, 0.6) is 6.01 Å². The molecule has 7 nitrogen and oxygen atoms in total. The Morgan fingerprint density at radius 1 is 1.12 bits per heavy atom. The highest BCUT2D eigenvalue weighted by atomic mass is 35.5. The van der Waals surface area contributed by atoms with Crippen LogP contribution in [0.4, 0.5) is 11.5 Å². The number of nitrogens with two attached hydrogens (primary N) is 1. The molecule has 6 rings (SSSR count). The third-order valence-electron chi connectivity index (χ3n) is 7.69. The highest BCUT2D eigenvalue weighted by Crippen LogP contribution is 2.39. The fourth-order valence-electron chi connectivity index (χ4n) is 5.84. The molecule has 4 heterocycles. The number of nitrogen functional groups attached to an aromatic ring is 1. The van der Waals surface area contributed by atoms with E-state index in [2.05, 4.69) is 40.4 Å². The lowest BCUT2D eigenvalue weighted by Crippen LogP contribution is -2.52. The zero-order valence-corrected chi connectivity index (χ0v) is 20.3. The normalized spacial score (nSPS) is 24.8. The number of likely N-dealkylation sites (tertiary alicyclic amines) is 1. The van der Waals surface area contributed by atoms with Crippen LogP contribution in [0.15, 0.2) is 36.4 Å². The first kappa shape index (κ1) is 21.9. The maximum Gasteiger partial charge on any atom is 0.319 e. The van der Waals surface area contributed by atoms with Gasteiger partial charge in [-0.2, -0.15) is 9.97 Å². The predicted molar refractivity (Wildman–Crippen MR) is 138 cm³/mol. The van der Waals surface area contributed by atoms with E-state index in [9.17, 15) is 0 Å². The third-order valence-corrected chi connectivity index (χ3v) is 8.01. The SMILES string of the molecule is CN1CCC[C@H]1COc1nc(N2[C@@H]3CC[C@H]2CNC3)c2ccc(-c3c(N)cccc3Cl)cc2n1. The molecule has 2 aromatic carbocycles. The lowest BCUT2D eigenvalue weighted by Gasteiger charge is -2.37. The first-order valence-electron chi connectivity index (χ1n) is 12.3. The number of ether oxygens (including phenoxy) is 1. The van der Waals surface area contributed by atoms with Crippen molar-refractivity contribution in [1.29, 1.82) is 0 Å². The van der Waals surface area contributed by atoms with E-state index in [-0.39, 0.29) is 0 Å². The van der Waals surface area contributed by atoms with Crippen molar-refractivity contribution in [3.8, 4) is 17.1 Å². The summed E-state index contributed by atoms with van der Waals surface area (Å²) in [5, 5.41) is 5.24. The summed E-state index contributed by atoms with van der Waals surface area (Å²) < 4.78 is 6.23. The summed E-state index contributed by atoms with van der Waals surface area (Å²) >= 11 is 6.52. The number of piperazine rings is 1. The van der Waals surface area contributed by atoms with Gasteiger partial charge in [0.1, 0.15) is 12.4 Å². The topological polar surface area (TPSA) is 79.5 Å². The van der Waals surface area contributed by atoms with Crippen LogP contribution in [-0.4, -0.2) is 66.3 Å². The van der Waals surface area contributed by atoms with Crippen molar-refractivity contribution in [3.05, 3.63) is 41.4 Å². The molecule has 3 fully saturated rings. The van der Waals surface area contributed by atoms with Crippen LogP contribution in [0.3, 0.4) is 0 Å². The molecule has 2 bridgehead atoms. The number of benzene rings is 2. The zero-order chi connectivity index (χ0) is 23.2. The molecule has 0 saturated carbocycles. The lowest BCUT2D eigenvalue weighted by molar-refractivity contribution is 0.188. The van der Waals surface area contributed by atoms with Crippen LogP contribution in [0, 0.1) is 0 Å². The molecular weight excluding hydrogens is 448 g/mol. The number of fused-ring (bicyclic) bond motifs is 3. The van der Waals surface area contributed by atoms with Gasteiger partial charge in [-0.05, 0) is 69.1 Å². The predicted octanol–water partition coefficient (Wildman–Crippen LogP) is 3.95. The van der Waals surface area contributed by atoms with Crippen molar-refractivity contribution in [2.24, 2.45) is 0 Å². The van der Waals surface area contributed by atoms with Crippen LogP contribution in [-0.2, 0) is 0 Å². The number of anilines is 2. The summed E-state index contributed by atoms with van der Waals surface area (Å²) in [6.07, 6.45) is 4.72. The minimum atomic E-state index is 0.410. The second-order valence-corrected chi connectivity index (χ2v) is 10.2. The Morgan fingerprint density at radius 3 is 2.68 bits per heavy atom. The van der Waals surface area contributed by atoms with Crippen molar-refractivity contribution in [1.82, 2.24) is 20.2 Å². The molecule has 3 aliphatic heterocycles. The molecule has 3 atom stereocenters. The Bertz CT molecular complexity index is 1180. The molecule has 1 aromatic heterocycles. The fraction of sp³-hybridized carbons (Fsp3) is 0.462. The molecule has 0 unspecified atom stereocenters. The molecule has 0 aliphatic carbocycles. The average molecular weight is 479 g/mol. The molecule has 3 saturated heterocycles. The summed E-state index contributed by atoms with van der Waals surface area (Å²) in [5.41, 5.74) is 9.58. The summed E-state index contributed by atoms with van der Waals surface area (Å²) in [7, 11) is 2.16. The summed E-state index contributed by atoms with van der Waals surface area (Å²) in [5.74, 6) is 0.979. The Labute approximate surface area is 205 Å². The number of hydrogen-bond acceptors (Lipinski definition) is 7. The summed E-state index contributed by atoms with van der Waals surface area (Å²) in [6, 6.07) is 13.6. The molecular formula is C26H31ClN6O. The molecule has 178 valence electrons. The molecule has 0 spiro atoms. The first-order chi connectivity index (χ1) is 16.6. The maximum atomic E-state index is 6.52. The summed E-state index contributed by atoms with van der Waals surface area (Å²) in [6.45, 7) is 3.69. The highest BCUT2D eigenvalue weighted by Gasteiger charge is 2.38. The number of nitrogens with zero attached hydrogens (tertiary/aromatic N) is 4. The second kappa shape index (κ2) is 8.87. The van der Waals surface area contributed by atoms with Crippen LogP contribution < -0.4 is 20.7 Å². The summed E-state index contributed by atoms with van der Waals surface area (Å²) in [4.78, 5) is 14.7. The third kappa shape index (κ3) is 3.85. The van der Waals surface area contributed by atoms with Gasteiger partial charge in [-0.3, -0.25) is 0 Å². The number of nitrogens with one attached hydrogen (secondary N) is 1. The monoisotopic (exact) mass is 478 g/mol. The van der Waals surface area contributed by atoms with E-state index in [4.69, 9.17) is 32.0 Å².